The third kappa shape index (κ3) is 4.66. The third-order valence-corrected chi connectivity index (χ3v) is 6.35. The first-order valence-corrected chi connectivity index (χ1v) is 10.8. The summed E-state index contributed by atoms with van der Waals surface area (Å²) in [6.45, 7) is 1.74. The number of nitrogens with zero attached hydrogens (tertiary/aromatic N) is 2. The molecule has 0 spiro atoms. The molecule has 4 rings (SSSR count). The molecule has 0 radical (unpaired) electrons. The molecule has 0 saturated carbocycles. The summed E-state index contributed by atoms with van der Waals surface area (Å²) < 4.78 is 0. The predicted octanol–water partition coefficient (Wildman–Crippen LogP) is 3.92. The molecule has 0 aromatic heterocycles. The minimum Gasteiger partial charge on any atom is -0.398 e. The standard InChI is InChI=1S/C23H25ClN4O3/c24-18-6-5-15(13-19(18)25)21(29)7-8-22(30)27-11-9-17(10-12-27)28-14-16-3-1-2-4-20(16)26-23(28)31/h1-6,13,17H,7-12,14,25H2,(H,26,31). The minimum atomic E-state index is -0.129. The van der Waals surface area contributed by atoms with E-state index < -0.39 is 0 Å². The number of nitrogens with two attached hydrogens (primary N) is 1. The molecular formula is C23H25ClN4O3. The largest absolute Gasteiger partial charge is 0.398 e. The predicted molar refractivity (Wildman–Crippen MR) is 120 cm³/mol. The van der Waals surface area contributed by atoms with E-state index in [4.69, 9.17) is 17.3 Å². The zero-order valence-corrected chi connectivity index (χ0v) is 17.9. The number of rotatable bonds is 5. The molecule has 0 aliphatic carbocycles. The molecule has 2 aliphatic rings. The van der Waals surface area contributed by atoms with Gasteiger partial charge in [0, 0.05) is 49.8 Å². The fourth-order valence-corrected chi connectivity index (χ4v) is 4.30. The maximum absolute atomic E-state index is 12.6. The Morgan fingerprint density at radius 2 is 1.84 bits per heavy atom. The van der Waals surface area contributed by atoms with Crippen LogP contribution in [0, 0.1) is 0 Å². The van der Waals surface area contributed by atoms with Crippen molar-refractivity contribution in [3.8, 4) is 0 Å². The maximum Gasteiger partial charge on any atom is 0.322 e. The second-order valence-corrected chi connectivity index (χ2v) is 8.39. The van der Waals surface area contributed by atoms with Crippen molar-refractivity contribution in [3.63, 3.8) is 0 Å². The average molecular weight is 441 g/mol. The van der Waals surface area contributed by atoms with Gasteiger partial charge >= 0.3 is 6.03 Å². The number of nitrogen functional groups attached to an aromatic ring is 1. The summed E-state index contributed by atoms with van der Waals surface area (Å²) in [4.78, 5) is 41.1. The van der Waals surface area contributed by atoms with Gasteiger partial charge in [-0.25, -0.2) is 4.79 Å². The number of nitrogens with one attached hydrogen (secondary N) is 1. The number of carbonyl (C=O) groups is 3. The maximum atomic E-state index is 12.6. The molecule has 3 amide bonds. The van der Waals surface area contributed by atoms with E-state index in [9.17, 15) is 14.4 Å². The van der Waals surface area contributed by atoms with E-state index in [0.717, 1.165) is 24.1 Å². The highest BCUT2D eigenvalue weighted by atomic mass is 35.5. The summed E-state index contributed by atoms with van der Waals surface area (Å²) in [5, 5.41) is 3.35. The molecule has 2 aromatic carbocycles. The van der Waals surface area contributed by atoms with Crippen molar-refractivity contribution in [3.05, 3.63) is 58.6 Å². The number of hydrogen-bond donors (Lipinski definition) is 2. The number of likely N-dealkylation sites (tertiary alicyclic amines) is 1. The molecule has 2 heterocycles. The molecule has 162 valence electrons. The van der Waals surface area contributed by atoms with E-state index in [0.29, 0.717) is 35.9 Å². The number of fused-ring (bicyclic) bond motifs is 1. The molecule has 0 unspecified atom stereocenters. The van der Waals surface area contributed by atoms with Crippen LogP contribution in [0.4, 0.5) is 16.2 Å². The number of carbonyl (C=O) groups excluding carboxylic acids is 3. The number of halogens is 1. The second-order valence-electron chi connectivity index (χ2n) is 7.99. The van der Waals surface area contributed by atoms with Gasteiger partial charge < -0.3 is 20.9 Å². The Balaban J connectivity index is 1.27. The Labute approximate surface area is 186 Å². The van der Waals surface area contributed by atoms with Crippen LogP contribution in [0.5, 0.6) is 0 Å². The summed E-state index contributed by atoms with van der Waals surface area (Å²) in [5.41, 5.74) is 8.53. The van der Waals surface area contributed by atoms with Crippen molar-refractivity contribution in [2.24, 2.45) is 0 Å². The van der Waals surface area contributed by atoms with E-state index in [1.165, 1.54) is 0 Å². The van der Waals surface area contributed by atoms with Crippen molar-refractivity contribution in [1.29, 1.82) is 0 Å². The summed E-state index contributed by atoms with van der Waals surface area (Å²) in [6, 6.07) is 12.6. The van der Waals surface area contributed by atoms with Gasteiger partial charge in [0.15, 0.2) is 5.78 Å². The van der Waals surface area contributed by atoms with Gasteiger partial charge in [0.1, 0.15) is 0 Å². The van der Waals surface area contributed by atoms with Crippen LogP contribution in [0.15, 0.2) is 42.5 Å². The highest BCUT2D eigenvalue weighted by molar-refractivity contribution is 6.33. The lowest BCUT2D eigenvalue weighted by Crippen LogP contribution is -2.51. The molecule has 31 heavy (non-hydrogen) atoms. The number of ketones is 1. The van der Waals surface area contributed by atoms with Gasteiger partial charge in [-0.1, -0.05) is 29.8 Å². The van der Waals surface area contributed by atoms with E-state index in [2.05, 4.69) is 5.32 Å². The Hall–Kier alpha value is -3.06. The number of benzene rings is 2. The topological polar surface area (TPSA) is 95.7 Å². The number of para-hydroxylation sites is 1. The van der Waals surface area contributed by atoms with Gasteiger partial charge in [0.2, 0.25) is 5.91 Å². The summed E-state index contributed by atoms with van der Waals surface area (Å²) >= 11 is 5.89. The van der Waals surface area contributed by atoms with Crippen LogP contribution in [0.3, 0.4) is 0 Å². The van der Waals surface area contributed by atoms with Gasteiger partial charge in [-0.3, -0.25) is 9.59 Å². The van der Waals surface area contributed by atoms with Crippen molar-refractivity contribution >= 4 is 40.7 Å². The first-order chi connectivity index (χ1) is 14.9. The highest BCUT2D eigenvalue weighted by Gasteiger charge is 2.32. The summed E-state index contributed by atoms with van der Waals surface area (Å²) in [6.07, 6.45) is 1.74. The minimum absolute atomic E-state index is 0.0397. The highest BCUT2D eigenvalue weighted by Crippen LogP contribution is 2.28. The monoisotopic (exact) mass is 440 g/mol. The third-order valence-electron chi connectivity index (χ3n) is 6.00. The van der Waals surface area contributed by atoms with Gasteiger partial charge in [0.25, 0.3) is 0 Å². The number of anilines is 2. The first-order valence-electron chi connectivity index (χ1n) is 10.4. The number of Topliss-reactive ketones (excluding diaryl/α,β-unsaturated/α-hetero) is 1. The first kappa shape index (κ1) is 21.2. The Morgan fingerprint density at radius 1 is 1.10 bits per heavy atom. The Kier molecular flexibility index (Phi) is 6.13. The van der Waals surface area contributed by atoms with Gasteiger partial charge in [-0.05, 0) is 42.7 Å². The lowest BCUT2D eigenvalue weighted by molar-refractivity contribution is -0.132. The van der Waals surface area contributed by atoms with Crippen LogP contribution in [0.25, 0.3) is 0 Å². The number of amides is 3. The van der Waals surface area contributed by atoms with Crippen LogP contribution < -0.4 is 11.1 Å². The van der Waals surface area contributed by atoms with Gasteiger partial charge in [0.05, 0.1) is 10.7 Å². The molecule has 0 bridgehead atoms. The zero-order valence-electron chi connectivity index (χ0n) is 17.1. The second kappa shape index (κ2) is 8.98. The van der Waals surface area contributed by atoms with Gasteiger partial charge in [-0.2, -0.15) is 0 Å². The molecule has 1 fully saturated rings. The lowest BCUT2D eigenvalue weighted by Gasteiger charge is -2.40. The van der Waals surface area contributed by atoms with Gasteiger partial charge in [-0.15, -0.1) is 0 Å². The Bertz CT molecular complexity index is 1020. The van der Waals surface area contributed by atoms with Crippen LogP contribution in [0.2, 0.25) is 5.02 Å². The fourth-order valence-electron chi connectivity index (χ4n) is 4.18. The van der Waals surface area contributed by atoms with Crippen LogP contribution in [-0.2, 0) is 11.3 Å². The fraction of sp³-hybridized carbons (Fsp3) is 0.348. The summed E-state index contributed by atoms with van der Waals surface area (Å²) in [5.74, 6) is -0.169. The van der Waals surface area contributed by atoms with E-state index in [1.54, 1.807) is 23.1 Å². The normalized spacial score (nSPS) is 16.6. The lowest BCUT2D eigenvalue weighted by atomic mass is 10.00. The van der Waals surface area contributed by atoms with E-state index >= 15 is 0 Å². The van der Waals surface area contributed by atoms with E-state index in [-0.39, 0.29) is 36.6 Å². The van der Waals surface area contributed by atoms with Crippen molar-refractivity contribution in [2.75, 3.05) is 24.1 Å². The molecule has 8 heteroatoms. The molecule has 3 N–H and O–H groups in total. The van der Waals surface area contributed by atoms with Crippen LogP contribution in [-0.4, -0.2) is 46.7 Å². The van der Waals surface area contributed by atoms with Crippen LogP contribution >= 0.6 is 11.6 Å². The number of urea groups is 1. The molecule has 2 aliphatic heterocycles. The van der Waals surface area contributed by atoms with Crippen molar-refractivity contribution in [2.45, 2.75) is 38.3 Å². The smallest absolute Gasteiger partial charge is 0.322 e. The molecule has 1 saturated heterocycles. The van der Waals surface area contributed by atoms with Crippen LogP contribution in [0.1, 0.15) is 41.6 Å². The SMILES string of the molecule is Nc1cc(C(=O)CCC(=O)N2CCC(N3Cc4ccccc4NC3=O)CC2)ccc1Cl. The van der Waals surface area contributed by atoms with E-state index in [1.807, 2.05) is 29.2 Å². The van der Waals surface area contributed by atoms with Crippen molar-refractivity contribution < 1.29 is 14.4 Å². The number of piperidine rings is 1. The molecular weight excluding hydrogens is 416 g/mol. The summed E-state index contributed by atoms with van der Waals surface area (Å²) in [7, 11) is 0. The molecule has 7 nitrogen and oxygen atoms in total. The Morgan fingerprint density at radius 3 is 2.58 bits per heavy atom. The van der Waals surface area contributed by atoms with Crippen molar-refractivity contribution in [1.82, 2.24) is 9.80 Å². The molecule has 2 aromatic rings. The zero-order chi connectivity index (χ0) is 22.0. The quantitative estimate of drug-likeness (QED) is 0.544. The molecule has 0 atom stereocenters. The number of hydrogen-bond acceptors (Lipinski definition) is 4. The average Bonchev–Trinajstić information content (AvgIpc) is 2.78.